The molecule has 1 atom stereocenters. The number of hydrogen-bond acceptors (Lipinski definition) is 4. The van der Waals surface area contributed by atoms with Crippen molar-refractivity contribution in [1.29, 1.82) is 0 Å². The normalized spacial score (nSPS) is 18.3. The first-order chi connectivity index (χ1) is 8.78. The first kappa shape index (κ1) is 13.5. The molecule has 0 amide bonds. The van der Waals surface area contributed by atoms with Gasteiger partial charge in [-0.3, -0.25) is 0 Å². The quantitative estimate of drug-likeness (QED) is 0.768. The highest BCUT2D eigenvalue weighted by Gasteiger charge is 2.19. The number of aliphatic hydroxyl groups excluding tert-OH is 1. The van der Waals surface area contributed by atoms with Gasteiger partial charge in [-0.15, -0.1) is 5.10 Å². The molecule has 2 rings (SSSR count). The van der Waals surface area contributed by atoms with Crippen LogP contribution in [0.15, 0.2) is 6.20 Å². The second-order valence-corrected chi connectivity index (χ2v) is 5.25. The van der Waals surface area contributed by atoms with Crippen LogP contribution in [0.2, 0.25) is 0 Å². The van der Waals surface area contributed by atoms with Crippen LogP contribution in [0.25, 0.3) is 0 Å². The maximum absolute atomic E-state index is 10.0. The molecule has 1 aromatic heterocycles. The zero-order chi connectivity index (χ0) is 12.8. The van der Waals surface area contributed by atoms with Gasteiger partial charge >= 0.3 is 0 Å². The van der Waals surface area contributed by atoms with Crippen molar-refractivity contribution in [2.24, 2.45) is 5.92 Å². The fourth-order valence-corrected chi connectivity index (χ4v) is 2.68. The SMILES string of the molecule is CCNCc1cn(CC(O)CC2CCCC2)nn1. The van der Waals surface area contributed by atoms with Crippen LogP contribution in [0.4, 0.5) is 0 Å². The van der Waals surface area contributed by atoms with Crippen LogP contribution in [0, 0.1) is 5.92 Å². The Hall–Kier alpha value is -0.940. The lowest BCUT2D eigenvalue weighted by Gasteiger charge is -2.14. The third-order valence-corrected chi connectivity index (χ3v) is 3.62. The Morgan fingerprint density at radius 3 is 3.00 bits per heavy atom. The van der Waals surface area contributed by atoms with Gasteiger partial charge in [0.15, 0.2) is 0 Å². The van der Waals surface area contributed by atoms with Gasteiger partial charge in [-0.05, 0) is 18.9 Å². The first-order valence-corrected chi connectivity index (χ1v) is 7.05. The van der Waals surface area contributed by atoms with Crippen molar-refractivity contribution in [2.75, 3.05) is 6.54 Å². The van der Waals surface area contributed by atoms with Gasteiger partial charge < -0.3 is 10.4 Å². The van der Waals surface area contributed by atoms with Crippen LogP contribution < -0.4 is 5.32 Å². The summed E-state index contributed by atoms with van der Waals surface area (Å²) in [6, 6.07) is 0. The van der Waals surface area contributed by atoms with Crippen molar-refractivity contribution in [2.45, 2.75) is 58.2 Å². The fraction of sp³-hybridized carbons (Fsp3) is 0.846. The first-order valence-electron chi connectivity index (χ1n) is 7.05. The summed E-state index contributed by atoms with van der Waals surface area (Å²) in [6.45, 7) is 4.30. The summed E-state index contributed by atoms with van der Waals surface area (Å²) < 4.78 is 1.76. The summed E-state index contributed by atoms with van der Waals surface area (Å²) in [5, 5.41) is 21.4. The van der Waals surface area contributed by atoms with E-state index in [0.29, 0.717) is 12.5 Å². The summed E-state index contributed by atoms with van der Waals surface area (Å²) >= 11 is 0. The molecule has 5 nitrogen and oxygen atoms in total. The number of aliphatic hydroxyl groups is 1. The highest BCUT2D eigenvalue weighted by molar-refractivity contribution is 4.91. The molecule has 1 aliphatic carbocycles. The molecule has 0 aromatic carbocycles. The van der Waals surface area contributed by atoms with Crippen LogP contribution in [0.5, 0.6) is 0 Å². The lowest BCUT2D eigenvalue weighted by Crippen LogP contribution is -2.19. The van der Waals surface area contributed by atoms with E-state index >= 15 is 0 Å². The summed E-state index contributed by atoms with van der Waals surface area (Å²) in [7, 11) is 0. The van der Waals surface area contributed by atoms with Gasteiger partial charge in [-0.2, -0.15) is 0 Å². The minimum absolute atomic E-state index is 0.290. The number of rotatable bonds is 7. The standard InChI is InChI=1S/C13H24N4O/c1-2-14-8-12-9-17(16-15-12)10-13(18)7-11-5-3-4-6-11/h9,11,13-14,18H,2-8,10H2,1H3. The van der Waals surface area contributed by atoms with Crippen molar-refractivity contribution in [3.63, 3.8) is 0 Å². The molecule has 1 fully saturated rings. The Morgan fingerprint density at radius 1 is 1.50 bits per heavy atom. The van der Waals surface area contributed by atoms with Crippen LogP contribution in [0.3, 0.4) is 0 Å². The van der Waals surface area contributed by atoms with Gasteiger partial charge in [0.25, 0.3) is 0 Å². The zero-order valence-electron chi connectivity index (χ0n) is 11.2. The zero-order valence-corrected chi connectivity index (χ0v) is 11.2. The Balaban J connectivity index is 1.75. The number of nitrogens with one attached hydrogen (secondary N) is 1. The molecule has 1 aliphatic rings. The predicted octanol–water partition coefficient (Wildman–Crippen LogP) is 1.33. The minimum Gasteiger partial charge on any atom is -0.391 e. The highest BCUT2D eigenvalue weighted by atomic mass is 16.3. The van der Waals surface area contributed by atoms with Crippen LogP contribution in [0.1, 0.15) is 44.7 Å². The molecule has 1 saturated carbocycles. The Labute approximate surface area is 109 Å². The van der Waals surface area contributed by atoms with Gasteiger partial charge in [-0.25, -0.2) is 4.68 Å². The molecular formula is C13H24N4O. The van der Waals surface area contributed by atoms with Gasteiger partial charge in [-0.1, -0.05) is 37.8 Å². The minimum atomic E-state index is -0.290. The van der Waals surface area contributed by atoms with Crippen molar-refractivity contribution >= 4 is 0 Å². The summed E-state index contributed by atoms with van der Waals surface area (Å²) in [5.41, 5.74) is 0.935. The van der Waals surface area contributed by atoms with E-state index in [4.69, 9.17) is 0 Å². The molecule has 1 heterocycles. The van der Waals surface area contributed by atoms with E-state index in [0.717, 1.165) is 25.2 Å². The second-order valence-electron chi connectivity index (χ2n) is 5.25. The van der Waals surface area contributed by atoms with Crippen molar-refractivity contribution < 1.29 is 5.11 Å². The molecule has 5 heteroatoms. The molecule has 0 aliphatic heterocycles. The van der Waals surface area contributed by atoms with E-state index in [1.165, 1.54) is 25.7 Å². The Kier molecular flexibility index (Phi) is 5.13. The molecule has 0 spiro atoms. The van der Waals surface area contributed by atoms with Gasteiger partial charge in [0.2, 0.25) is 0 Å². The predicted molar refractivity (Wildman–Crippen MR) is 70.0 cm³/mol. The van der Waals surface area contributed by atoms with Crippen molar-refractivity contribution in [3.05, 3.63) is 11.9 Å². The summed E-state index contributed by atoms with van der Waals surface area (Å²) in [4.78, 5) is 0. The van der Waals surface area contributed by atoms with E-state index < -0.39 is 0 Å². The monoisotopic (exact) mass is 252 g/mol. The smallest absolute Gasteiger partial charge is 0.0964 e. The maximum atomic E-state index is 10.0. The molecule has 2 N–H and O–H groups in total. The molecule has 102 valence electrons. The Bertz CT molecular complexity index is 347. The van der Waals surface area contributed by atoms with Crippen molar-refractivity contribution in [3.8, 4) is 0 Å². The van der Waals surface area contributed by atoms with E-state index in [2.05, 4.69) is 22.6 Å². The average molecular weight is 252 g/mol. The third-order valence-electron chi connectivity index (χ3n) is 3.62. The molecular weight excluding hydrogens is 228 g/mol. The molecule has 0 radical (unpaired) electrons. The third kappa shape index (κ3) is 4.07. The highest BCUT2D eigenvalue weighted by Crippen LogP contribution is 2.28. The van der Waals surface area contributed by atoms with Gasteiger partial charge in [0.1, 0.15) is 0 Å². The lowest BCUT2D eigenvalue weighted by molar-refractivity contribution is 0.120. The van der Waals surface area contributed by atoms with E-state index in [9.17, 15) is 5.11 Å². The van der Waals surface area contributed by atoms with Gasteiger partial charge in [0.05, 0.1) is 18.3 Å². The number of aromatic nitrogens is 3. The van der Waals surface area contributed by atoms with E-state index in [1.54, 1.807) is 4.68 Å². The molecule has 1 aromatic rings. The van der Waals surface area contributed by atoms with Gasteiger partial charge in [0, 0.05) is 12.7 Å². The molecule has 18 heavy (non-hydrogen) atoms. The van der Waals surface area contributed by atoms with Crippen LogP contribution in [-0.2, 0) is 13.1 Å². The summed E-state index contributed by atoms with van der Waals surface area (Å²) in [5.74, 6) is 0.713. The second kappa shape index (κ2) is 6.85. The topological polar surface area (TPSA) is 63.0 Å². The summed E-state index contributed by atoms with van der Waals surface area (Å²) in [6.07, 6.45) is 7.74. The molecule has 0 bridgehead atoms. The average Bonchev–Trinajstić information content (AvgIpc) is 2.98. The largest absolute Gasteiger partial charge is 0.391 e. The number of nitrogens with zero attached hydrogens (tertiary/aromatic N) is 3. The number of hydrogen-bond donors (Lipinski definition) is 2. The fourth-order valence-electron chi connectivity index (χ4n) is 2.68. The van der Waals surface area contributed by atoms with Crippen molar-refractivity contribution in [1.82, 2.24) is 20.3 Å². The lowest BCUT2D eigenvalue weighted by atomic mass is 10.0. The molecule has 0 saturated heterocycles. The Morgan fingerprint density at radius 2 is 2.28 bits per heavy atom. The molecule has 1 unspecified atom stereocenters. The van der Waals surface area contributed by atoms with Crippen LogP contribution >= 0.6 is 0 Å². The maximum Gasteiger partial charge on any atom is 0.0964 e. The van der Waals surface area contributed by atoms with E-state index in [1.807, 2.05) is 6.20 Å². The van der Waals surface area contributed by atoms with E-state index in [-0.39, 0.29) is 6.10 Å². The van der Waals surface area contributed by atoms with Crippen LogP contribution in [-0.4, -0.2) is 32.7 Å².